The van der Waals surface area contributed by atoms with E-state index >= 15 is 0 Å². The Labute approximate surface area is 150 Å². The molecule has 3 rings (SSSR count). The Morgan fingerprint density at radius 2 is 1.69 bits per heavy atom. The molecule has 0 saturated heterocycles. The van der Waals surface area contributed by atoms with Crippen molar-refractivity contribution < 1.29 is 14.3 Å². The van der Waals surface area contributed by atoms with Crippen molar-refractivity contribution in [2.45, 2.75) is 6.92 Å². The number of para-hydroxylation sites is 1. The van der Waals surface area contributed by atoms with E-state index in [-0.39, 0.29) is 5.91 Å². The summed E-state index contributed by atoms with van der Waals surface area (Å²) in [6.07, 6.45) is 1.63. The Morgan fingerprint density at radius 1 is 1.00 bits per heavy atom. The second-order valence-electron chi connectivity index (χ2n) is 5.54. The average Bonchev–Trinajstić information content (AvgIpc) is 3.12. The van der Waals surface area contributed by atoms with E-state index < -0.39 is 5.91 Å². The summed E-state index contributed by atoms with van der Waals surface area (Å²) in [7, 11) is 1.59. The van der Waals surface area contributed by atoms with Crippen molar-refractivity contribution in [3.8, 4) is 22.7 Å². The Hall–Kier alpha value is -3.61. The van der Waals surface area contributed by atoms with Crippen molar-refractivity contribution in [2.24, 2.45) is 0 Å². The molecule has 0 atom stereocenters. The number of methoxy groups -OCH3 is 1. The molecular formula is C19H18N4O3. The van der Waals surface area contributed by atoms with Crippen LogP contribution in [0.5, 0.6) is 5.75 Å². The van der Waals surface area contributed by atoms with Crippen molar-refractivity contribution in [3.05, 3.63) is 66.4 Å². The molecule has 26 heavy (non-hydrogen) atoms. The normalized spacial score (nSPS) is 10.2. The molecule has 2 N–H and O–H groups in total. The fourth-order valence-electron chi connectivity index (χ4n) is 2.43. The monoisotopic (exact) mass is 350 g/mol. The highest BCUT2D eigenvalue weighted by Crippen LogP contribution is 2.25. The lowest BCUT2D eigenvalue weighted by atomic mass is 10.1. The number of hydrogen-bond acceptors (Lipinski definition) is 4. The number of hydrogen-bond donors (Lipinski definition) is 2. The Kier molecular flexibility index (Phi) is 4.98. The van der Waals surface area contributed by atoms with Gasteiger partial charge >= 0.3 is 0 Å². The minimum atomic E-state index is -0.451. The molecular weight excluding hydrogens is 332 g/mol. The summed E-state index contributed by atoms with van der Waals surface area (Å²) in [6, 6.07) is 16.7. The van der Waals surface area contributed by atoms with Gasteiger partial charge in [0.05, 0.1) is 18.4 Å². The number of nitrogens with zero attached hydrogens (tertiary/aromatic N) is 2. The molecule has 1 aromatic heterocycles. The fraction of sp³-hybridized carbons (Fsp3) is 0.105. The van der Waals surface area contributed by atoms with Gasteiger partial charge in [0.15, 0.2) is 0 Å². The summed E-state index contributed by atoms with van der Waals surface area (Å²) in [6.45, 7) is 1.32. The van der Waals surface area contributed by atoms with Gasteiger partial charge in [-0.1, -0.05) is 18.2 Å². The number of benzene rings is 2. The van der Waals surface area contributed by atoms with Crippen LogP contribution in [0.3, 0.4) is 0 Å². The van der Waals surface area contributed by atoms with E-state index in [2.05, 4.69) is 16.0 Å². The van der Waals surface area contributed by atoms with Gasteiger partial charge in [0.25, 0.3) is 5.91 Å². The van der Waals surface area contributed by atoms with Crippen LogP contribution >= 0.6 is 0 Å². The van der Waals surface area contributed by atoms with E-state index in [9.17, 15) is 9.59 Å². The molecule has 7 heteroatoms. The van der Waals surface area contributed by atoms with Crippen molar-refractivity contribution in [2.75, 3.05) is 7.11 Å². The number of aromatic nitrogens is 2. The van der Waals surface area contributed by atoms with E-state index in [1.807, 2.05) is 42.5 Å². The molecule has 0 aliphatic heterocycles. The van der Waals surface area contributed by atoms with E-state index in [4.69, 9.17) is 4.74 Å². The third kappa shape index (κ3) is 3.72. The average molecular weight is 350 g/mol. The van der Waals surface area contributed by atoms with Crippen LogP contribution in [-0.4, -0.2) is 28.7 Å². The zero-order valence-corrected chi connectivity index (χ0v) is 14.4. The quantitative estimate of drug-likeness (QED) is 0.707. The van der Waals surface area contributed by atoms with Crippen LogP contribution in [0.1, 0.15) is 17.3 Å². The summed E-state index contributed by atoms with van der Waals surface area (Å²) in [5.74, 6) is -0.103. The molecule has 2 aromatic carbocycles. The van der Waals surface area contributed by atoms with Gasteiger partial charge in [-0.15, -0.1) is 0 Å². The summed E-state index contributed by atoms with van der Waals surface area (Å²) < 4.78 is 6.80. The van der Waals surface area contributed by atoms with Crippen LogP contribution < -0.4 is 15.6 Å². The first-order valence-electron chi connectivity index (χ1n) is 7.95. The summed E-state index contributed by atoms with van der Waals surface area (Å²) in [5.41, 5.74) is 7.09. The summed E-state index contributed by atoms with van der Waals surface area (Å²) >= 11 is 0. The molecule has 3 aromatic rings. The van der Waals surface area contributed by atoms with Gasteiger partial charge in [-0.2, -0.15) is 5.10 Å². The minimum absolute atomic E-state index is 0.341. The molecule has 7 nitrogen and oxygen atoms in total. The zero-order valence-electron chi connectivity index (χ0n) is 14.4. The molecule has 0 spiro atoms. The van der Waals surface area contributed by atoms with Gasteiger partial charge in [0, 0.05) is 18.7 Å². The lowest BCUT2D eigenvalue weighted by molar-refractivity contribution is -0.119. The highest BCUT2D eigenvalue weighted by Gasteiger charge is 2.19. The van der Waals surface area contributed by atoms with Crippen molar-refractivity contribution in [1.82, 2.24) is 20.6 Å². The molecule has 0 aliphatic rings. The van der Waals surface area contributed by atoms with Crippen molar-refractivity contribution in [3.63, 3.8) is 0 Å². The van der Waals surface area contributed by atoms with Gasteiger partial charge in [-0.05, 0) is 36.4 Å². The third-order valence-electron chi connectivity index (χ3n) is 3.70. The molecule has 0 saturated carbocycles. The maximum absolute atomic E-state index is 12.5. The van der Waals surface area contributed by atoms with E-state index in [1.54, 1.807) is 30.1 Å². The lowest BCUT2D eigenvalue weighted by Crippen LogP contribution is -2.40. The first-order chi connectivity index (χ1) is 12.6. The van der Waals surface area contributed by atoms with E-state index in [0.717, 1.165) is 11.3 Å². The van der Waals surface area contributed by atoms with E-state index in [0.29, 0.717) is 17.0 Å². The second-order valence-corrected chi connectivity index (χ2v) is 5.54. The van der Waals surface area contributed by atoms with Gasteiger partial charge < -0.3 is 4.74 Å². The fourth-order valence-corrected chi connectivity index (χ4v) is 2.43. The Morgan fingerprint density at radius 3 is 2.31 bits per heavy atom. The van der Waals surface area contributed by atoms with Crippen LogP contribution in [0.25, 0.3) is 16.9 Å². The van der Waals surface area contributed by atoms with Crippen LogP contribution in [0, 0.1) is 0 Å². The molecule has 2 amide bonds. The SMILES string of the molecule is COc1ccc(-c2nn(-c3ccccc3)cc2C(=O)NNC(C)=O)cc1. The highest BCUT2D eigenvalue weighted by molar-refractivity contribution is 6.00. The van der Waals surface area contributed by atoms with Crippen LogP contribution in [-0.2, 0) is 4.79 Å². The van der Waals surface area contributed by atoms with Crippen LogP contribution in [0.4, 0.5) is 0 Å². The smallest absolute Gasteiger partial charge is 0.273 e. The standard InChI is InChI=1S/C19H18N4O3/c1-13(24)20-21-19(25)17-12-23(15-6-4-3-5-7-15)22-18(17)14-8-10-16(26-2)11-9-14/h3-12H,1-2H3,(H,20,24)(H,21,25). The largest absolute Gasteiger partial charge is 0.497 e. The first-order valence-corrected chi connectivity index (χ1v) is 7.95. The summed E-state index contributed by atoms with van der Waals surface area (Å²) in [4.78, 5) is 23.6. The molecule has 0 fully saturated rings. The predicted octanol–water partition coefficient (Wildman–Crippen LogP) is 2.33. The Balaban J connectivity index is 2.03. The predicted molar refractivity (Wildman–Crippen MR) is 96.8 cm³/mol. The number of nitrogens with one attached hydrogen (secondary N) is 2. The maximum Gasteiger partial charge on any atom is 0.273 e. The van der Waals surface area contributed by atoms with Gasteiger partial charge in [-0.25, -0.2) is 4.68 Å². The molecule has 132 valence electrons. The maximum atomic E-state index is 12.5. The van der Waals surface area contributed by atoms with Crippen molar-refractivity contribution in [1.29, 1.82) is 0 Å². The highest BCUT2D eigenvalue weighted by atomic mass is 16.5. The summed E-state index contributed by atoms with van der Waals surface area (Å²) in [5, 5.41) is 4.56. The number of carbonyl (C=O) groups excluding carboxylic acids is 2. The van der Waals surface area contributed by atoms with Gasteiger partial charge in [-0.3, -0.25) is 20.4 Å². The van der Waals surface area contributed by atoms with Crippen LogP contribution in [0.15, 0.2) is 60.8 Å². The van der Waals surface area contributed by atoms with E-state index in [1.165, 1.54) is 6.92 Å². The minimum Gasteiger partial charge on any atom is -0.497 e. The van der Waals surface area contributed by atoms with Gasteiger partial charge in [0.2, 0.25) is 5.91 Å². The molecule has 0 bridgehead atoms. The Bertz CT molecular complexity index is 918. The van der Waals surface area contributed by atoms with Crippen LogP contribution in [0.2, 0.25) is 0 Å². The third-order valence-corrected chi connectivity index (χ3v) is 3.70. The lowest BCUT2D eigenvalue weighted by Gasteiger charge is -2.06. The molecule has 1 heterocycles. The molecule has 0 aliphatic carbocycles. The first kappa shape index (κ1) is 17.2. The molecule has 0 unspecified atom stereocenters. The number of amides is 2. The number of ether oxygens (including phenoxy) is 1. The topological polar surface area (TPSA) is 85.2 Å². The van der Waals surface area contributed by atoms with Gasteiger partial charge in [0.1, 0.15) is 11.4 Å². The zero-order chi connectivity index (χ0) is 18.5. The number of rotatable bonds is 4. The van der Waals surface area contributed by atoms with Crippen molar-refractivity contribution >= 4 is 11.8 Å². The second kappa shape index (κ2) is 7.52. The number of carbonyl (C=O) groups is 2. The number of hydrazine groups is 1. The molecule has 0 radical (unpaired) electrons.